The maximum absolute atomic E-state index is 13.5. The largest absolute Gasteiger partial charge is 0.478 e. The molecule has 98 valence electrons. The van der Waals surface area contributed by atoms with Crippen molar-refractivity contribution < 1.29 is 27.5 Å². The molecule has 0 aliphatic rings. The first-order chi connectivity index (χ1) is 8.12. The van der Waals surface area contributed by atoms with E-state index in [0.717, 1.165) is 13.0 Å². The van der Waals surface area contributed by atoms with Crippen LogP contribution in [0.3, 0.4) is 0 Å². The zero-order valence-electron chi connectivity index (χ0n) is 8.98. The lowest BCUT2D eigenvalue weighted by atomic mass is 10.1. The molecule has 7 heteroatoms. The number of halogens is 5. The molecule has 0 heterocycles. The van der Waals surface area contributed by atoms with Crippen LogP contribution in [0.15, 0.2) is 17.7 Å². The summed E-state index contributed by atoms with van der Waals surface area (Å²) in [6.07, 6.45) is -3.89. The van der Waals surface area contributed by atoms with Crippen molar-refractivity contribution >= 4 is 23.6 Å². The molecule has 2 nitrogen and oxygen atoms in total. The van der Waals surface area contributed by atoms with Crippen LogP contribution in [-0.2, 0) is 11.0 Å². The van der Waals surface area contributed by atoms with Gasteiger partial charge in [-0.05, 0) is 25.1 Å². The molecule has 0 saturated carbocycles. The fraction of sp³-hybridized carbons (Fsp3) is 0.182. The molecule has 0 amide bonds. The molecule has 0 bridgehead atoms. The number of carboxylic acid groups (broad SMARTS) is 1. The lowest BCUT2D eigenvalue weighted by Gasteiger charge is -2.09. The van der Waals surface area contributed by atoms with Crippen LogP contribution in [0.5, 0.6) is 0 Å². The van der Waals surface area contributed by atoms with E-state index in [-0.39, 0.29) is 5.57 Å². The Bertz CT molecular complexity index is 521. The third-order valence-corrected chi connectivity index (χ3v) is 2.37. The number of hydrogen-bond acceptors (Lipinski definition) is 1. The summed E-state index contributed by atoms with van der Waals surface area (Å²) in [6.45, 7) is 1.13. The molecule has 0 fully saturated rings. The minimum Gasteiger partial charge on any atom is -0.478 e. The first-order valence-electron chi connectivity index (χ1n) is 4.60. The summed E-state index contributed by atoms with van der Waals surface area (Å²) in [7, 11) is 0. The van der Waals surface area contributed by atoms with Gasteiger partial charge in [-0.25, -0.2) is 9.18 Å². The molecule has 1 aromatic rings. The maximum atomic E-state index is 13.5. The second kappa shape index (κ2) is 4.97. The van der Waals surface area contributed by atoms with E-state index in [1.165, 1.54) is 0 Å². The molecule has 0 atom stereocenters. The summed E-state index contributed by atoms with van der Waals surface area (Å²) >= 11 is 5.34. The third kappa shape index (κ3) is 3.22. The van der Waals surface area contributed by atoms with Crippen LogP contribution in [0.2, 0.25) is 5.02 Å². The van der Waals surface area contributed by atoms with E-state index >= 15 is 0 Å². The highest BCUT2D eigenvalue weighted by molar-refractivity contribution is 6.31. The van der Waals surface area contributed by atoms with Gasteiger partial charge in [-0.15, -0.1) is 0 Å². The van der Waals surface area contributed by atoms with E-state index in [4.69, 9.17) is 16.7 Å². The molecule has 18 heavy (non-hydrogen) atoms. The van der Waals surface area contributed by atoms with Crippen LogP contribution in [0.1, 0.15) is 18.1 Å². The van der Waals surface area contributed by atoms with Gasteiger partial charge in [-0.1, -0.05) is 11.6 Å². The van der Waals surface area contributed by atoms with Gasteiger partial charge in [0.1, 0.15) is 5.82 Å². The van der Waals surface area contributed by atoms with Gasteiger partial charge >= 0.3 is 12.1 Å². The summed E-state index contributed by atoms with van der Waals surface area (Å²) in [5, 5.41) is 7.87. The SMILES string of the molecule is C/C(=C\c1cc(C(F)(F)F)cc(Cl)c1F)C(=O)O. The summed E-state index contributed by atoms with van der Waals surface area (Å²) in [5.74, 6) is -2.45. The molecule has 0 aliphatic heterocycles. The van der Waals surface area contributed by atoms with Gasteiger partial charge in [-0.3, -0.25) is 0 Å². The fourth-order valence-electron chi connectivity index (χ4n) is 1.17. The Hall–Kier alpha value is -1.56. The predicted molar refractivity (Wildman–Crippen MR) is 57.7 cm³/mol. The zero-order chi connectivity index (χ0) is 14.1. The van der Waals surface area contributed by atoms with E-state index in [2.05, 4.69) is 0 Å². The van der Waals surface area contributed by atoms with Crippen molar-refractivity contribution in [2.45, 2.75) is 13.1 Å². The third-order valence-electron chi connectivity index (χ3n) is 2.09. The Morgan fingerprint density at radius 3 is 2.39 bits per heavy atom. The Balaban J connectivity index is 3.41. The number of carboxylic acids is 1. The van der Waals surface area contributed by atoms with Crippen LogP contribution in [0.25, 0.3) is 6.08 Å². The molecule has 0 aliphatic carbocycles. The van der Waals surface area contributed by atoms with Crippen LogP contribution >= 0.6 is 11.6 Å². The number of aliphatic carboxylic acids is 1. The molecular weight excluding hydrogens is 276 g/mol. The van der Waals surface area contributed by atoms with Crippen molar-refractivity contribution in [1.82, 2.24) is 0 Å². The maximum Gasteiger partial charge on any atom is 0.416 e. The number of alkyl halides is 3. The van der Waals surface area contributed by atoms with E-state index < -0.39 is 34.1 Å². The van der Waals surface area contributed by atoms with Gasteiger partial charge in [0.05, 0.1) is 10.6 Å². The fourth-order valence-corrected chi connectivity index (χ4v) is 1.40. The molecule has 0 radical (unpaired) electrons. The van der Waals surface area contributed by atoms with Gasteiger partial charge < -0.3 is 5.11 Å². The average molecular weight is 283 g/mol. The van der Waals surface area contributed by atoms with Crippen molar-refractivity contribution in [1.29, 1.82) is 0 Å². The van der Waals surface area contributed by atoms with E-state index in [0.29, 0.717) is 12.1 Å². The van der Waals surface area contributed by atoms with Gasteiger partial charge in [0.25, 0.3) is 0 Å². The quantitative estimate of drug-likeness (QED) is 0.658. The first kappa shape index (κ1) is 14.5. The minimum absolute atomic E-state index is 0.302. The summed E-state index contributed by atoms with van der Waals surface area (Å²) in [4.78, 5) is 10.5. The topological polar surface area (TPSA) is 37.3 Å². The monoisotopic (exact) mass is 282 g/mol. The second-order valence-corrected chi connectivity index (χ2v) is 3.90. The van der Waals surface area contributed by atoms with Crippen molar-refractivity contribution in [3.63, 3.8) is 0 Å². The molecule has 0 unspecified atom stereocenters. The highest BCUT2D eigenvalue weighted by atomic mass is 35.5. The van der Waals surface area contributed by atoms with Crippen LogP contribution in [0, 0.1) is 5.82 Å². The average Bonchev–Trinajstić information content (AvgIpc) is 2.22. The molecule has 1 N–H and O–H groups in total. The normalized spacial score (nSPS) is 12.7. The van der Waals surface area contributed by atoms with Crippen molar-refractivity contribution in [3.8, 4) is 0 Å². The number of benzene rings is 1. The summed E-state index contributed by atoms with van der Waals surface area (Å²) < 4.78 is 50.8. The molecular formula is C11H7ClF4O2. The highest BCUT2D eigenvalue weighted by Gasteiger charge is 2.32. The van der Waals surface area contributed by atoms with Gasteiger partial charge in [0.15, 0.2) is 0 Å². The molecule has 1 rings (SSSR count). The van der Waals surface area contributed by atoms with Gasteiger partial charge in [0, 0.05) is 11.1 Å². The van der Waals surface area contributed by atoms with E-state index in [9.17, 15) is 22.4 Å². The first-order valence-corrected chi connectivity index (χ1v) is 4.98. The Morgan fingerprint density at radius 1 is 1.39 bits per heavy atom. The van der Waals surface area contributed by atoms with E-state index in [1.807, 2.05) is 0 Å². The summed E-state index contributed by atoms with van der Waals surface area (Å²) in [6, 6.07) is 0.956. The number of rotatable bonds is 2. The minimum atomic E-state index is -4.68. The molecule has 1 aromatic carbocycles. The smallest absolute Gasteiger partial charge is 0.416 e. The van der Waals surface area contributed by atoms with E-state index in [1.54, 1.807) is 0 Å². The van der Waals surface area contributed by atoms with Crippen molar-refractivity contribution in [3.05, 3.63) is 39.7 Å². The highest BCUT2D eigenvalue weighted by Crippen LogP contribution is 2.34. The van der Waals surface area contributed by atoms with Crippen LogP contribution in [0.4, 0.5) is 17.6 Å². The molecule has 0 aromatic heterocycles. The standard InChI is InChI=1S/C11H7ClF4O2/c1-5(10(17)18)2-6-3-7(11(14,15)16)4-8(12)9(6)13/h2-4H,1H3,(H,17,18)/b5-2+. The van der Waals surface area contributed by atoms with Crippen LogP contribution < -0.4 is 0 Å². The Kier molecular flexibility index (Phi) is 4.01. The number of hydrogen-bond donors (Lipinski definition) is 1. The predicted octanol–water partition coefficient (Wildman–Crippen LogP) is 3.99. The Morgan fingerprint density at radius 2 is 1.94 bits per heavy atom. The number of carbonyl (C=O) groups is 1. The molecule has 0 saturated heterocycles. The lowest BCUT2D eigenvalue weighted by molar-refractivity contribution is -0.137. The Labute approximate surface area is 104 Å². The van der Waals surface area contributed by atoms with Crippen LogP contribution in [-0.4, -0.2) is 11.1 Å². The second-order valence-electron chi connectivity index (χ2n) is 3.49. The van der Waals surface area contributed by atoms with Crippen molar-refractivity contribution in [2.24, 2.45) is 0 Å². The summed E-state index contributed by atoms with van der Waals surface area (Å²) in [5.41, 5.74) is -1.96. The zero-order valence-corrected chi connectivity index (χ0v) is 9.73. The lowest BCUT2D eigenvalue weighted by Crippen LogP contribution is -2.06. The molecule has 0 spiro atoms. The van der Waals surface area contributed by atoms with Crippen molar-refractivity contribution in [2.75, 3.05) is 0 Å². The van der Waals surface area contributed by atoms with Gasteiger partial charge in [0.2, 0.25) is 0 Å². The van der Waals surface area contributed by atoms with Gasteiger partial charge in [-0.2, -0.15) is 13.2 Å².